The highest BCUT2D eigenvalue weighted by Crippen LogP contribution is 2.29. The first-order valence-corrected chi connectivity index (χ1v) is 5.25. The van der Waals surface area contributed by atoms with Crippen LogP contribution in [-0.4, -0.2) is 6.61 Å². The molecule has 0 aromatic heterocycles. The molecule has 0 bridgehead atoms. The monoisotopic (exact) mass is 191 g/mol. The van der Waals surface area contributed by atoms with Gasteiger partial charge in [-0.2, -0.15) is 0 Å². The van der Waals surface area contributed by atoms with Crippen molar-refractivity contribution in [1.29, 1.82) is 0 Å². The van der Waals surface area contributed by atoms with E-state index in [9.17, 15) is 0 Å². The predicted molar refractivity (Wildman–Crippen MR) is 58.4 cm³/mol. The summed E-state index contributed by atoms with van der Waals surface area (Å²) in [5.74, 6) is 1.72. The van der Waals surface area contributed by atoms with Crippen molar-refractivity contribution in [3.63, 3.8) is 0 Å². The van der Waals surface area contributed by atoms with Gasteiger partial charge in [-0.15, -0.1) is 0 Å². The van der Waals surface area contributed by atoms with Gasteiger partial charge in [-0.05, 0) is 37.8 Å². The number of hydrogen-bond acceptors (Lipinski definition) is 2. The molecule has 76 valence electrons. The van der Waals surface area contributed by atoms with Crippen LogP contribution in [-0.2, 0) is 0 Å². The molecule has 2 heteroatoms. The van der Waals surface area contributed by atoms with E-state index in [4.69, 9.17) is 10.5 Å². The molecule has 0 heterocycles. The normalized spacial score (nSPS) is 16.4. The lowest BCUT2D eigenvalue weighted by atomic mass is 9.86. The molecule has 0 unspecified atom stereocenters. The lowest BCUT2D eigenvalue weighted by Crippen LogP contribution is -2.19. The number of benzene rings is 1. The predicted octanol–water partition coefficient (Wildman–Crippen LogP) is 2.76. The van der Waals surface area contributed by atoms with Crippen LogP contribution in [0, 0.1) is 12.8 Å². The molecule has 2 nitrogen and oxygen atoms in total. The van der Waals surface area contributed by atoms with Gasteiger partial charge < -0.3 is 10.5 Å². The Bertz CT molecular complexity index is 318. The van der Waals surface area contributed by atoms with Crippen LogP contribution in [0.15, 0.2) is 18.2 Å². The molecule has 1 fully saturated rings. The Hall–Kier alpha value is -1.18. The zero-order chi connectivity index (χ0) is 9.97. The van der Waals surface area contributed by atoms with Crippen molar-refractivity contribution in [2.24, 2.45) is 5.92 Å². The maximum absolute atomic E-state index is 5.79. The molecule has 0 radical (unpaired) electrons. The second-order valence-corrected chi connectivity index (χ2v) is 4.08. The molecule has 1 aromatic carbocycles. The minimum atomic E-state index is 0.774. The van der Waals surface area contributed by atoms with Crippen LogP contribution in [0.4, 0.5) is 5.69 Å². The fourth-order valence-electron chi connectivity index (χ4n) is 1.65. The highest BCUT2D eigenvalue weighted by Gasteiger charge is 2.18. The van der Waals surface area contributed by atoms with Crippen molar-refractivity contribution in [2.45, 2.75) is 26.2 Å². The van der Waals surface area contributed by atoms with E-state index in [2.05, 4.69) is 0 Å². The third-order valence-electron chi connectivity index (χ3n) is 3.03. The van der Waals surface area contributed by atoms with Gasteiger partial charge in [0.15, 0.2) is 0 Å². The first-order chi connectivity index (χ1) is 6.77. The van der Waals surface area contributed by atoms with E-state index < -0.39 is 0 Å². The summed E-state index contributed by atoms with van der Waals surface area (Å²) in [6.45, 7) is 2.86. The molecule has 0 spiro atoms. The second kappa shape index (κ2) is 3.91. The van der Waals surface area contributed by atoms with Crippen LogP contribution in [0.2, 0.25) is 0 Å². The lowest BCUT2D eigenvalue weighted by molar-refractivity contribution is 0.180. The summed E-state index contributed by atoms with van der Waals surface area (Å²) >= 11 is 0. The SMILES string of the molecule is Cc1c(N)cccc1OCC1CCC1. The summed E-state index contributed by atoms with van der Waals surface area (Å²) in [6, 6.07) is 5.84. The van der Waals surface area contributed by atoms with Crippen LogP contribution >= 0.6 is 0 Å². The van der Waals surface area contributed by atoms with Crippen LogP contribution < -0.4 is 10.5 Å². The molecule has 2 rings (SSSR count). The number of ether oxygens (including phenoxy) is 1. The molecule has 0 saturated heterocycles. The van der Waals surface area contributed by atoms with Gasteiger partial charge in [0.05, 0.1) is 6.61 Å². The Labute approximate surface area is 85.1 Å². The number of hydrogen-bond donors (Lipinski definition) is 1. The van der Waals surface area contributed by atoms with Crippen molar-refractivity contribution >= 4 is 5.69 Å². The number of nitrogens with two attached hydrogens (primary N) is 1. The largest absolute Gasteiger partial charge is 0.493 e. The van der Waals surface area contributed by atoms with Crippen molar-refractivity contribution in [2.75, 3.05) is 12.3 Å². The summed E-state index contributed by atoms with van der Waals surface area (Å²) in [4.78, 5) is 0. The maximum atomic E-state index is 5.79. The molecule has 0 aliphatic heterocycles. The minimum Gasteiger partial charge on any atom is -0.493 e. The average Bonchev–Trinajstić information content (AvgIpc) is 2.09. The van der Waals surface area contributed by atoms with Gasteiger partial charge in [0.25, 0.3) is 0 Å². The van der Waals surface area contributed by atoms with Crippen molar-refractivity contribution in [3.05, 3.63) is 23.8 Å². The van der Waals surface area contributed by atoms with E-state index in [1.807, 2.05) is 25.1 Å². The van der Waals surface area contributed by atoms with E-state index in [0.29, 0.717) is 0 Å². The third-order valence-corrected chi connectivity index (χ3v) is 3.03. The summed E-state index contributed by atoms with van der Waals surface area (Å²) < 4.78 is 5.74. The van der Waals surface area contributed by atoms with Gasteiger partial charge in [0, 0.05) is 11.3 Å². The Morgan fingerprint density at radius 1 is 1.43 bits per heavy atom. The fraction of sp³-hybridized carbons (Fsp3) is 0.500. The van der Waals surface area contributed by atoms with Crippen molar-refractivity contribution in [1.82, 2.24) is 0 Å². The molecule has 0 amide bonds. The van der Waals surface area contributed by atoms with Gasteiger partial charge in [0.1, 0.15) is 5.75 Å². The molecule has 1 saturated carbocycles. The second-order valence-electron chi connectivity index (χ2n) is 4.08. The Balaban J connectivity index is 1.97. The molecule has 14 heavy (non-hydrogen) atoms. The van der Waals surface area contributed by atoms with Crippen LogP contribution in [0.1, 0.15) is 24.8 Å². The van der Waals surface area contributed by atoms with Gasteiger partial charge in [-0.3, -0.25) is 0 Å². The number of nitrogen functional groups attached to an aromatic ring is 1. The Kier molecular flexibility index (Phi) is 2.62. The summed E-state index contributed by atoms with van der Waals surface area (Å²) in [5.41, 5.74) is 7.67. The molecule has 2 N–H and O–H groups in total. The molecule has 1 aliphatic rings. The first kappa shape index (κ1) is 9.38. The van der Waals surface area contributed by atoms with Gasteiger partial charge in [-0.1, -0.05) is 12.5 Å². The quantitative estimate of drug-likeness (QED) is 0.745. The zero-order valence-electron chi connectivity index (χ0n) is 8.62. The lowest BCUT2D eigenvalue weighted by Gasteiger charge is -2.25. The van der Waals surface area contributed by atoms with E-state index in [1.165, 1.54) is 19.3 Å². The smallest absolute Gasteiger partial charge is 0.124 e. The average molecular weight is 191 g/mol. The zero-order valence-corrected chi connectivity index (χ0v) is 8.62. The Morgan fingerprint density at radius 2 is 2.21 bits per heavy atom. The third kappa shape index (κ3) is 1.84. The van der Waals surface area contributed by atoms with Gasteiger partial charge >= 0.3 is 0 Å². The van der Waals surface area contributed by atoms with Crippen LogP contribution in [0.25, 0.3) is 0 Å². The molecular formula is C12H17NO. The van der Waals surface area contributed by atoms with E-state index in [-0.39, 0.29) is 0 Å². The summed E-state index contributed by atoms with van der Waals surface area (Å²) in [6.07, 6.45) is 4.01. The maximum Gasteiger partial charge on any atom is 0.124 e. The van der Waals surface area contributed by atoms with Gasteiger partial charge in [0.2, 0.25) is 0 Å². The van der Waals surface area contributed by atoms with Crippen LogP contribution in [0.5, 0.6) is 5.75 Å². The highest BCUT2D eigenvalue weighted by atomic mass is 16.5. The topological polar surface area (TPSA) is 35.2 Å². The van der Waals surface area contributed by atoms with E-state index >= 15 is 0 Å². The van der Waals surface area contributed by atoms with E-state index in [0.717, 1.165) is 29.5 Å². The molecular weight excluding hydrogens is 174 g/mol. The first-order valence-electron chi connectivity index (χ1n) is 5.25. The summed E-state index contributed by atoms with van der Waals surface area (Å²) in [7, 11) is 0. The standard InChI is InChI=1S/C12H17NO/c1-9-11(13)6-3-7-12(9)14-8-10-4-2-5-10/h3,6-7,10H,2,4-5,8,13H2,1H3. The Morgan fingerprint density at radius 3 is 2.86 bits per heavy atom. The number of anilines is 1. The summed E-state index contributed by atoms with van der Waals surface area (Å²) in [5, 5.41) is 0. The van der Waals surface area contributed by atoms with E-state index in [1.54, 1.807) is 0 Å². The fourth-order valence-corrected chi connectivity index (χ4v) is 1.65. The molecule has 0 atom stereocenters. The van der Waals surface area contributed by atoms with Crippen molar-refractivity contribution < 1.29 is 4.74 Å². The van der Waals surface area contributed by atoms with Gasteiger partial charge in [-0.25, -0.2) is 0 Å². The minimum absolute atomic E-state index is 0.774. The van der Waals surface area contributed by atoms with Crippen LogP contribution in [0.3, 0.4) is 0 Å². The molecule has 1 aromatic rings. The number of rotatable bonds is 3. The molecule has 1 aliphatic carbocycles. The highest BCUT2D eigenvalue weighted by molar-refractivity contribution is 5.53. The van der Waals surface area contributed by atoms with Crippen molar-refractivity contribution in [3.8, 4) is 5.75 Å².